The highest BCUT2D eigenvalue weighted by atomic mass is 16.6. The molecule has 1 fully saturated rings. The number of nitro groups is 2. The molecule has 2 aromatic rings. The van der Waals surface area contributed by atoms with E-state index in [0.29, 0.717) is 13.1 Å². The Kier molecular flexibility index (Phi) is 5.78. The van der Waals surface area contributed by atoms with Gasteiger partial charge >= 0.3 is 0 Å². The number of hydrogen-bond acceptors (Lipinski definition) is 6. The van der Waals surface area contributed by atoms with Crippen LogP contribution in [-0.2, 0) is 13.1 Å². The van der Waals surface area contributed by atoms with Gasteiger partial charge in [-0.25, -0.2) is 0 Å². The molecule has 8 heteroatoms. The van der Waals surface area contributed by atoms with E-state index >= 15 is 0 Å². The largest absolute Gasteiger partial charge is 0.296 e. The molecular formula is C19H22N4O4. The van der Waals surface area contributed by atoms with Gasteiger partial charge in [0.1, 0.15) is 0 Å². The Labute approximate surface area is 157 Å². The van der Waals surface area contributed by atoms with Crippen molar-refractivity contribution >= 4 is 11.4 Å². The fourth-order valence-electron chi connectivity index (χ4n) is 3.48. The maximum Gasteiger partial charge on any atom is 0.269 e. The van der Waals surface area contributed by atoms with Crippen LogP contribution >= 0.6 is 0 Å². The minimum absolute atomic E-state index is 0.115. The van der Waals surface area contributed by atoms with Gasteiger partial charge in [-0.1, -0.05) is 24.3 Å². The van der Waals surface area contributed by atoms with Crippen LogP contribution in [0.4, 0.5) is 11.4 Å². The number of hydrogen-bond donors (Lipinski definition) is 0. The minimum Gasteiger partial charge on any atom is -0.296 e. The molecule has 1 aliphatic rings. The van der Waals surface area contributed by atoms with Crippen LogP contribution in [0.5, 0.6) is 0 Å². The molecule has 1 saturated heterocycles. The number of benzene rings is 2. The number of nitrogens with zero attached hydrogens (tertiary/aromatic N) is 4. The highest BCUT2D eigenvalue weighted by Gasteiger charge is 2.24. The zero-order valence-corrected chi connectivity index (χ0v) is 15.2. The SMILES string of the molecule is CC1CN(Cc2cccc([N+](=O)[O-])c2)CCN1Cc1cccc([N+](=O)[O-])c1. The first kappa shape index (κ1) is 18.9. The van der Waals surface area contributed by atoms with E-state index in [1.54, 1.807) is 24.3 Å². The molecule has 0 spiro atoms. The molecule has 3 rings (SSSR count). The molecule has 0 bridgehead atoms. The first-order valence-electron chi connectivity index (χ1n) is 8.85. The monoisotopic (exact) mass is 370 g/mol. The van der Waals surface area contributed by atoms with E-state index in [0.717, 1.165) is 30.8 Å². The number of nitro benzene ring substituents is 2. The van der Waals surface area contributed by atoms with Gasteiger partial charge in [-0.2, -0.15) is 0 Å². The van der Waals surface area contributed by atoms with E-state index < -0.39 is 0 Å². The maximum atomic E-state index is 10.9. The van der Waals surface area contributed by atoms with E-state index in [-0.39, 0.29) is 27.3 Å². The van der Waals surface area contributed by atoms with Gasteiger partial charge in [0.05, 0.1) is 9.85 Å². The lowest BCUT2D eigenvalue weighted by Gasteiger charge is -2.40. The zero-order chi connectivity index (χ0) is 19.4. The Hall–Kier alpha value is -2.84. The summed E-state index contributed by atoms with van der Waals surface area (Å²) in [5, 5.41) is 21.9. The summed E-state index contributed by atoms with van der Waals surface area (Å²) < 4.78 is 0. The Morgan fingerprint density at radius 1 is 0.926 bits per heavy atom. The third kappa shape index (κ3) is 4.87. The van der Waals surface area contributed by atoms with Gasteiger partial charge in [-0.3, -0.25) is 30.0 Å². The lowest BCUT2D eigenvalue weighted by molar-refractivity contribution is -0.385. The van der Waals surface area contributed by atoms with Crippen molar-refractivity contribution in [1.29, 1.82) is 0 Å². The Morgan fingerprint density at radius 3 is 2.00 bits per heavy atom. The summed E-state index contributed by atoms with van der Waals surface area (Å²) in [7, 11) is 0. The van der Waals surface area contributed by atoms with Crippen LogP contribution in [0.1, 0.15) is 18.1 Å². The van der Waals surface area contributed by atoms with Crippen LogP contribution in [0, 0.1) is 20.2 Å². The summed E-state index contributed by atoms with van der Waals surface area (Å²) in [6, 6.07) is 13.8. The van der Waals surface area contributed by atoms with Gasteiger partial charge in [0, 0.05) is 63.0 Å². The van der Waals surface area contributed by atoms with Crippen molar-refractivity contribution in [1.82, 2.24) is 9.80 Å². The molecule has 1 aliphatic heterocycles. The van der Waals surface area contributed by atoms with Gasteiger partial charge in [0.2, 0.25) is 0 Å². The first-order chi connectivity index (χ1) is 12.9. The smallest absolute Gasteiger partial charge is 0.269 e. The van der Waals surface area contributed by atoms with Crippen molar-refractivity contribution in [3.63, 3.8) is 0 Å². The Balaban J connectivity index is 1.59. The Morgan fingerprint density at radius 2 is 1.48 bits per heavy atom. The molecule has 1 atom stereocenters. The lowest BCUT2D eigenvalue weighted by atomic mass is 10.1. The maximum absolute atomic E-state index is 10.9. The quantitative estimate of drug-likeness (QED) is 0.573. The number of rotatable bonds is 6. The fraction of sp³-hybridized carbons (Fsp3) is 0.368. The van der Waals surface area contributed by atoms with Crippen LogP contribution in [-0.4, -0.2) is 45.3 Å². The van der Waals surface area contributed by atoms with Crippen LogP contribution < -0.4 is 0 Å². The predicted molar refractivity (Wildman–Crippen MR) is 101 cm³/mol. The highest BCUT2D eigenvalue weighted by Crippen LogP contribution is 2.20. The average Bonchev–Trinajstić information content (AvgIpc) is 2.64. The third-order valence-corrected chi connectivity index (χ3v) is 4.88. The molecule has 27 heavy (non-hydrogen) atoms. The van der Waals surface area contributed by atoms with Crippen LogP contribution in [0.15, 0.2) is 48.5 Å². The van der Waals surface area contributed by atoms with E-state index in [9.17, 15) is 20.2 Å². The van der Waals surface area contributed by atoms with Crippen molar-refractivity contribution in [2.24, 2.45) is 0 Å². The van der Waals surface area contributed by atoms with Crippen molar-refractivity contribution in [2.75, 3.05) is 19.6 Å². The predicted octanol–water partition coefficient (Wildman–Crippen LogP) is 3.21. The van der Waals surface area contributed by atoms with E-state index in [2.05, 4.69) is 16.7 Å². The molecule has 0 aromatic heterocycles. The van der Waals surface area contributed by atoms with Crippen molar-refractivity contribution in [3.8, 4) is 0 Å². The number of non-ortho nitro benzene ring substituents is 2. The molecule has 2 aromatic carbocycles. The van der Waals surface area contributed by atoms with Gasteiger partial charge in [-0.05, 0) is 18.1 Å². The Bertz CT molecular complexity index is 842. The highest BCUT2D eigenvalue weighted by molar-refractivity contribution is 5.35. The van der Waals surface area contributed by atoms with Crippen LogP contribution in [0.2, 0.25) is 0 Å². The molecule has 8 nitrogen and oxygen atoms in total. The second-order valence-corrected chi connectivity index (χ2v) is 6.91. The first-order valence-corrected chi connectivity index (χ1v) is 8.85. The molecule has 1 unspecified atom stereocenters. The van der Waals surface area contributed by atoms with E-state index in [4.69, 9.17) is 0 Å². The third-order valence-electron chi connectivity index (χ3n) is 4.88. The van der Waals surface area contributed by atoms with Gasteiger partial charge in [-0.15, -0.1) is 0 Å². The molecule has 0 amide bonds. The van der Waals surface area contributed by atoms with Crippen molar-refractivity contribution < 1.29 is 9.85 Å². The lowest BCUT2D eigenvalue weighted by Crippen LogP contribution is -2.50. The minimum atomic E-state index is -0.372. The molecule has 0 aliphatic carbocycles. The fourth-order valence-corrected chi connectivity index (χ4v) is 3.48. The summed E-state index contributed by atoms with van der Waals surface area (Å²) in [4.78, 5) is 25.7. The molecule has 1 heterocycles. The average molecular weight is 370 g/mol. The molecule has 142 valence electrons. The van der Waals surface area contributed by atoms with Gasteiger partial charge < -0.3 is 0 Å². The standard InChI is InChI=1S/C19H22N4O4/c1-15-12-20(13-16-4-2-6-18(10-16)22(24)25)8-9-21(15)14-17-5-3-7-19(11-17)23(26)27/h2-7,10-11,15H,8-9,12-14H2,1H3. The van der Waals surface area contributed by atoms with Gasteiger partial charge in [0.25, 0.3) is 11.4 Å². The second kappa shape index (κ2) is 8.24. The van der Waals surface area contributed by atoms with E-state index in [1.807, 2.05) is 12.1 Å². The summed E-state index contributed by atoms with van der Waals surface area (Å²) in [6.45, 7) is 6.03. The van der Waals surface area contributed by atoms with E-state index in [1.165, 1.54) is 12.1 Å². The summed E-state index contributed by atoms with van der Waals surface area (Å²) in [6.07, 6.45) is 0. The van der Waals surface area contributed by atoms with Crippen LogP contribution in [0.25, 0.3) is 0 Å². The second-order valence-electron chi connectivity index (χ2n) is 6.91. The molecule has 0 radical (unpaired) electrons. The van der Waals surface area contributed by atoms with Crippen molar-refractivity contribution in [2.45, 2.75) is 26.1 Å². The summed E-state index contributed by atoms with van der Waals surface area (Å²) in [5.74, 6) is 0. The molecular weight excluding hydrogens is 348 g/mol. The van der Waals surface area contributed by atoms with Crippen LogP contribution in [0.3, 0.4) is 0 Å². The van der Waals surface area contributed by atoms with Gasteiger partial charge in [0.15, 0.2) is 0 Å². The van der Waals surface area contributed by atoms with Crippen molar-refractivity contribution in [3.05, 3.63) is 79.9 Å². The summed E-state index contributed by atoms with van der Waals surface area (Å²) >= 11 is 0. The summed E-state index contributed by atoms with van der Waals surface area (Å²) in [5.41, 5.74) is 2.10. The zero-order valence-electron chi connectivity index (χ0n) is 15.2. The normalized spacial score (nSPS) is 18.3. The topological polar surface area (TPSA) is 92.8 Å². The number of piperazine rings is 1. The molecule has 0 saturated carbocycles. The molecule has 0 N–H and O–H groups in total.